The molecule has 0 amide bonds. The van der Waals surface area contributed by atoms with Crippen LogP contribution in [-0.2, 0) is 31.3 Å². The van der Waals surface area contributed by atoms with Gasteiger partial charge in [-0.15, -0.1) is 48.3 Å². The zero-order valence-corrected chi connectivity index (χ0v) is 35.2. The van der Waals surface area contributed by atoms with E-state index in [1.165, 1.54) is 16.7 Å². The largest absolute Gasteiger partial charge is 0.509 e. The van der Waals surface area contributed by atoms with Crippen molar-refractivity contribution >= 4 is 28.6 Å². The molecular formula is C52H45N4OPd-3. The van der Waals surface area contributed by atoms with Gasteiger partial charge in [-0.2, -0.15) is 12.1 Å². The summed E-state index contributed by atoms with van der Waals surface area (Å²) in [6, 6.07) is 56.1. The van der Waals surface area contributed by atoms with E-state index in [2.05, 4.69) is 185 Å². The van der Waals surface area contributed by atoms with Crippen LogP contribution in [0.2, 0.25) is 0 Å². The molecule has 3 heterocycles. The third kappa shape index (κ3) is 7.59. The Hall–Kier alpha value is -5.93. The average Bonchev–Trinajstić information content (AvgIpc) is 3.68. The Labute approximate surface area is 356 Å². The summed E-state index contributed by atoms with van der Waals surface area (Å²) in [5.41, 5.74) is 13.3. The summed E-state index contributed by atoms with van der Waals surface area (Å²) in [7, 11) is 0. The molecule has 0 radical (unpaired) electrons. The molecule has 292 valence electrons. The molecule has 2 aliphatic rings. The number of pyridine rings is 1. The molecule has 2 aliphatic heterocycles. The molecule has 5 nitrogen and oxygen atoms in total. The fourth-order valence-electron chi connectivity index (χ4n) is 7.51. The molecule has 0 bridgehead atoms. The number of hydrogen-bond acceptors (Lipinski definition) is 5. The van der Waals surface area contributed by atoms with Crippen LogP contribution in [0.5, 0.6) is 11.5 Å². The number of aromatic nitrogens is 1. The summed E-state index contributed by atoms with van der Waals surface area (Å²) in [5.74, 6) is 1.98. The van der Waals surface area contributed by atoms with Crippen LogP contribution in [0, 0.1) is 18.8 Å². The number of nitrogens with zero attached hydrogens (tertiary/aromatic N) is 4. The quantitative estimate of drug-likeness (QED) is 0.123. The van der Waals surface area contributed by atoms with Gasteiger partial charge >= 0.3 is 0 Å². The van der Waals surface area contributed by atoms with Crippen LogP contribution in [0.25, 0.3) is 33.4 Å². The second kappa shape index (κ2) is 15.4. The van der Waals surface area contributed by atoms with Gasteiger partial charge in [-0.1, -0.05) is 126 Å². The maximum atomic E-state index is 6.60. The summed E-state index contributed by atoms with van der Waals surface area (Å²) < 4.78 is 6.60. The van der Waals surface area contributed by atoms with Crippen molar-refractivity contribution in [2.45, 2.75) is 52.4 Å². The first-order valence-electron chi connectivity index (χ1n) is 19.5. The van der Waals surface area contributed by atoms with Crippen LogP contribution >= 0.6 is 0 Å². The molecule has 0 unspecified atom stereocenters. The number of hydrogen-bond donors (Lipinski definition) is 0. The van der Waals surface area contributed by atoms with E-state index in [0.29, 0.717) is 11.5 Å². The molecule has 0 saturated carbocycles. The third-order valence-electron chi connectivity index (χ3n) is 10.7. The monoisotopic (exact) mass is 847 g/mol. The Morgan fingerprint density at radius 2 is 1.22 bits per heavy atom. The number of benzene rings is 6. The number of ether oxygens (including phenoxy) is 1. The van der Waals surface area contributed by atoms with Gasteiger partial charge in [0.25, 0.3) is 0 Å². The predicted octanol–water partition coefficient (Wildman–Crippen LogP) is 13.8. The zero-order chi connectivity index (χ0) is 39.3. The van der Waals surface area contributed by atoms with E-state index in [0.717, 1.165) is 56.4 Å². The van der Waals surface area contributed by atoms with Gasteiger partial charge in [0.2, 0.25) is 0 Å². The van der Waals surface area contributed by atoms with Crippen LogP contribution < -0.4 is 19.4 Å². The maximum Gasteiger partial charge on any atom is 0.135 e. The van der Waals surface area contributed by atoms with Crippen molar-refractivity contribution < 1.29 is 25.2 Å². The smallest absolute Gasteiger partial charge is 0.135 e. The molecule has 7 aromatic rings. The molecular weight excluding hydrogens is 803 g/mol. The minimum absolute atomic E-state index is 0. The molecule has 6 aromatic carbocycles. The van der Waals surface area contributed by atoms with Gasteiger partial charge in [0.15, 0.2) is 0 Å². The van der Waals surface area contributed by atoms with Crippen molar-refractivity contribution in [3.63, 3.8) is 0 Å². The number of rotatable bonds is 6. The fraction of sp³-hybridized carbons (Fsp3) is 0.154. The summed E-state index contributed by atoms with van der Waals surface area (Å²) in [5, 5.41) is 0. The van der Waals surface area contributed by atoms with E-state index in [-0.39, 0.29) is 31.3 Å². The molecule has 0 spiro atoms. The standard InChI is InChI=1S/C52H45N4O.Pd/c1-51(2,3)38-30-39(52(4,5)6)32-41(31-38)55-28-27-54(35-55)40-17-14-18-42(33-40)57-43-23-24-46-44-19-10-11-20-45(44)47-29-37(36-15-8-7-9-16-36)22-25-48(47)56(49(46)34-43)50-21-12-13-26-53-50;/h7-32,35H,1-6H3;/q-3;. The van der Waals surface area contributed by atoms with Gasteiger partial charge in [0.1, 0.15) is 5.82 Å². The summed E-state index contributed by atoms with van der Waals surface area (Å²) in [6.07, 6.45) is 6.00. The first-order chi connectivity index (χ1) is 27.5. The second-order valence-corrected chi connectivity index (χ2v) is 16.8. The van der Waals surface area contributed by atoms with Crippen LogP contribution in [0.3, 0.4) is 0 Å². The predicted molar refractivity (Wildman–Crippen MR) is 235 cm³/mol. The van der Waals surface area contributed by atoms with Gasteiger partial charge in [-0.05, 0) is 87.4 Å². The summed E-state index contributed by atoms with van der Waals surface area (Å²) in [6.45, 7) is 15.7. The van der Waals surface area contributed by atoms with Crippen molar-refractivity contribution in [1.29, 1.82) is 0 Å². The van der Waals surface area contributed by atoms with Gasteiger partial charge in [-0.3, -0.25) is 0 Å². The number of fused-ring (bicyclic) bond motifs is 5. The molecule has 9 rings (SSSR count). The third-order valence-corrected chi connectivity index (χ3v) is 10.7. The second-order valence-electron chi connectivity index (χ2n) is 16.8. The van der Waals surface area contributed by atoms with Gasteiger partial charge in [-0.25, -0.2) is 4.98 Å². The topological polar surface area (TPSA) is 31.8 Å². The van der Waals surface area contributed by atoms with Crippen LogP contribution in [0.15, 0.2) is 158 Å². The normalized spacial score (nSPS) is 13.3. The molecule has 1 aromatic heterocycles. The summed E-state index contributed by atoms with van der Waals surface area (Å²) in [4.78, 5) is 11.3. The van der Waals surface area contributed by atoms with Gasteiger partial charge in [0.05, 0.1) is 5.69 Å². The van der Waals surface area contributed by atoms with Crippen molar-refractivity contribution in [2.75, 3.05) is 14.7 Å². The molecule has 0 N–H and O–H groups in total. The average molecular weight is 848 g/mol. The summed E-state index contributed by atoms with van der Waals surface area (Å²) >= 11 is 0. The molecule has 58 heavy (non-hydrogen) atoms. The Kier molecular flexibility index (Phi) is 10.4. The van der Waals surface area contributed by atoms with Crippen molar-refractivity contribution in [2.24, 2.45) is 0 Å². The molecule has 6 heteroatoms. The van der Waals surface area contributed by atoms with E-state index < -0.39 is 0 Å². The zero-order valence-electron chi connectivity index (χ0n) is 33.6. The minimum atomic E-state index is 0. The van der Waals surface area contributed by atoms with E-state index >= 15 is 0 Å². The SMILES string of the molecule is CC(C)(C)c1cc(N2C=CN(c3[c-]c(Oc4[c-]c5c(cc4)-c4ccccc4-c4cc(-c6ccccc6)ccc4N5c4ccccn4)ccc3)[CH-]2)cc(C(C)(C)C)c1.[Pd]. The minimum Gasteiger partial charge on any atom is -0.509 e. The maximum absolute atomic E-state index is 6.60. The Morgan fingerprint density at radius 1 is 0.552 bits per heavy atom. The van der Waals surface area contributed by atoms with Crippen LogP contribution in [0.1, 0.15) is 52.7 Å². The van der Waals surface area contributed by atoms with E-state index in [9.17, 15) is 0 Å². The molecule has 0 fully saturated rings. The van der Waals surface area contributed by atoms with E-state index in [4.69, 9.17) is 9.72 Å². The Balaban J connectivity index is 0.00000469. The van der Waals surface area contributed by atoms with Gasteiger partial charge in [0, 0.05) is 49.4 Å². The molecule has 0 atom stereocenters. The Bertz CT molecular complexity index is 2590. The van der Waals surface area contributed by atoms with Crippen molar-refractivity contribution in [1.82, 2.24) is 4.98 Å². The van der Waals surface area contributed by atoms with Crippen LogP contribution in [0.4, 0.5) is 28.6 Å². The van der Waals surface area contributed by atoms with Crippen molar-refractivity contribution in [3.8, 4) is 44.9 Å². The van der Waals surface area contributed by atoms with Gasteiger partial charge < -0.3 is 19.4 Å². The van der Waals surface area contributed by atoms with Crippen LogP contribution in [-0.4, -0.2) is 4.98 Å². The number of anilines is 5. The first-order valence-corrected chi connectivity index (χ1v) is 19.5. The Morgan fingerprint density at radius 3 is 1.93 bits per heavy atom. The molecule has 0 saturated heterocycles. The van der Waals surface area contributed by atoms with Crippen molar-refractivity contribution in [3.05, 3.63) is 188 Å². The fourth-order valence-corrected chi connectivity index (χ4v) is 7.51. The first kappa shape index (κ1) is 38.9. The van der Waals surface area contributed by atoms with E-state index in [1.807, 2.05) is 48.7 Å². The van der Waals surface area contributed by atoms with E-state index in [1.54, 1.807) is 0 Å². The molecule has 0 aliphatic carbocycles.